The first-order valence-electron chi connectivity index (χ1n) is 7.83. The van der Waals surface area contributed by atoms with Gasteiger partial charge >= 0.3 is 6.61 Å². The SMILES string of the molecule is COc1ccc(CN(C)S(=O)(=O)c2cccc(S(C)(=O)=O)c2)cc1OC(F)F. The van der Waals surface area contributed by atoms with E-state index < -0.39 is 26.5 Å². The van der Waals surface area contributed by atoms with Gasteiger partial charge in [0.25, 0.3) is 0 Å². The van der Waals surface area contributed by atoms with Crippen molar-refractivity contribution in [1.29, 1.82) is 0 Å². The summed E-state index contributed by atoms with van der Waals surface area (Å²) in [5.74, 6) is -0.143. The van der Waals surface area contributed by atoms with Crippen LogP contribution in [-0.4, -0.2) is 48.2 Å². The molecule has 0 aliphatic heterocycles. The Balaban J connectivity index is 2.32. The van der Waals surface area contributed by atoms with Crippen LogP contribution in [0.2, 0.25) is 0 Å². The van der Waals surface area contributed by atoms with Crippen LogP contribution in [0.1, 0.15) is 5.56 Å². The third-order valence-corrected chi connectivity index (χ3v) is 6.70. The van der Waals surface area contributed by atoms with Crippen LogP contribution in [0.3, 0.4) is 0 Å². The zero-order valence-corrected chi connectivity index (χ0v) is 16.9. The Morgan fingerprint density at radius 2 is 1.64 bits per heavy atom. The second-order valence-corrected chi connectivity index (χ2v) is 9.93. The molecule has 2 aromatic carbocycles. The van der Waals surface area contributed by atoms with E-state index in [0.717, 1.165) is 16.6 Å². The lowest BCUT2D eigenvalue weighted by atomic mass is 10.2. The molecule has 0 heterocycles. The van der Waals surface area contributed by atoms with Crippen molar-refractivity contribution in [1.82, 2.24) is 4.31 Å². The molecule has 0 atom stereocenters. The summed E-state index contributed by atoms with van der Waals surface area (Å²) in [5, 5.41) is 0. The van der Waals surface area contributed by atoms with Crippen LogP contribution in [0.5, 0.6) is 11.5 Å². The second kappa shape index (κ2) is 8.41. The summed E-state index contributed by atoms with van der Waals surface area (Å²) in [4.78, 5) is -0.325. The van der Waals surface area contributed by atoms with Crippen molar-refractivity contribution >= 4 is 19.9 Å². The minimum Gasteiger partial charge on any atom is -0.493 e. The highest BCUT2D eigenvalue weighted by molar-refractivity contribution is 7.91. The number of methoxy groups -OCH3 is 1. The highest BCUT2D eigenvalue weighted by Crippen LogP contribution is 2.30. The van der Waals surface area contributed by atoms with Crippen molar-refractivity contribution in [2.45, 2.75) is 22.9 Å². The summed E-state index contributed by atoms with van der Waals surface area (Å²) in [5.41, 5.74) is 0.377. The Hall–Kier alpha value is -2.24. The van der Waals surface area contributed by atoms with Gasteiger partial charge in [-0.2, -0.15) is 13.1 Å². The predicted octanol–water partition coefficient (Wildman–Crippen LogP) is 2.52. The topological polar surface area (TPSA) is 90.0 Å². The monoisotopic (exact) mass is 435 g/mol. The maximum absolute atomic E-state index is 12.8. The molecule has 0 N–H and O–H groups in total. The summed E-state index contributed by atoms with van der Waals surface area (Å²) < 4.78 is 84.2. The Kier molecular flexibility index (Phi) is 6.63. The fraction of sp³-hybridized carbons (Fsp3) is 0.294. The minimum atomic E-state index is -4.02. The Morgan fingerprint density at radius 1 is 1.00 bits per heavy atom. The van der Waals surface area contributed by atoms with Gasteiger partial charge < -0.3 is 9.47 Å². The van der Waals surface area contributed by atoms with Gasteiger partial charge in [-0.3, -0.25) is 0 Å². The van der Waals surface area contributed by atoms with Gasteiger partial charge in [-0.05, 0) is 35.9 Å². The van der Waals surface area contributed by atoms with Gasteiger partial charge in [-0.15, -0.1) is 0 Å². The number of hydrogen-bond acceptors (Lipinski definition) is 6. The molecule has 0 bridgehead atoms. The highest BCUT2D eigenvalue weighted by atomic mass is 32.2. The molecule has 0 aliphatic rings. The molecule has 154 valence electrons. The lowest BCUT2D eigenvalue weighted by molar-refractivity contribution is -0.0512. The van der Waals surface area contributed by atoms with Crippen LogP contribution in [-0.2, 0) is 26.4 Å². The normalized spacial score (nSPS) is 12.4. The molecule has 0 spiro atoms. The molecule has 0 saturated heterocycles. The molecular weight excluding hydrogens is 416 g/mol. The van der Waals surface area contributed by atoms with Crippen LogP contribution in [0.25, 0.3) is 0 Å². The number of nitrogens with zero attached hydrogens (tertiary/aromatic N) is 1. The van der Waals surface area contributed by atoms with Crippen molar-refractivity contribution < 1.29 is 35.1 Å². The van der Waals surface area contributed by atoms with E-state index >= 15 is 0 Å². The maximum atomic E-state index is 12.8. The van der Waals surface area contributed by atoms with E-state index in [1.54, 1.807) is 0 Å². The molecule has 0 saturated carbocycles. The van der Waals surface area contributed by atoms with Crippen molar-refractivity contribution in [2.24, 2.45) is 0 Å². The molecule has 0 fully saturated rings. The molecule has 0 radical (unpaired) electrons. The van der Waals surface area contributed by atoms with Crippen LogP contribution >= 0.6 is 0 Å². The first-order chi connectivity index (χ1) is 12.9. The fourth-order valence-electron chi connectivity index (χ4n) is 2.39. The van der Waals surface area contributed by atoms with Gasteiger partial charge in [0, 0.05) is 19.8 Å². The van der Waals surface area contributed by atoms with Gasteiger partial charge in [0.2, 0.25) is 10.0 Å². The molecule has 28 heavy (non-hydrogen) atoms. The molecule has 0 amide bonds. The molecular formula is C17H19F2NO6S2. The third kappa shape index (κ3) is 5.18. The number of sulfonamides is 1. The van der Waals surface area contributed by atoms with Crippen molar-refractivity contribution in [3.63, 3.8) is 0 Å². The number of ether oxygens (including phenoxy) is 2. The fourth-order valence-corrected chi connectivity index (χ4v) is 4.34. The van der Waals surface area contributed by atoms with Crippen molar-refractivity contribution in [3.8, 4) is 11.5 Å². The van der Waals surface area contributed by atoms with E-state index in [0.29, 0.717) is 5.56 Å². The first-order valence-corrected chi connectivity index (χ1v) is 11.2. The van der Waals surface area contributed by atoms with E-state index in [-0.39, 0.29) is 27.8 Å². The van der Waals surface area contributed by atoms with Crippen LogP contribution in [0, 0.1) is 0 Å². The number of hydrogen-bond donors (Lipinski definition) is 0. The lowest BCUT2D eigenvalue weighted by Gasteiger charge is -2.19. The summed E-state index contributed by atoms with van der Waals surface area (Å²) in [6.45, 7) is -3.22. The smallest absolute Gasteiger partial charge is 0.387 e. The second-order valence-electron chi connectivity index (χ2n) is 5.87. The molecule has 7 nitrogen and oxygen atoms in total. The van der Waals surface area contributed by atoms with Gasteiger partial charge in [0.15, 0.2) is 21.3 Å². The zero-order chi connectivity index (χ0) is 21.1. The van der Waals surface area contributed by atoms with Crippen LogP contribution in [0.15, 0.2) is 52.3 Å². The Bertz CT molecular complexity index is 1060. The van der Waals surface area contributed by atoms with Gasteiger partial charge in [0.1, 0.15) is 0 Å². The average Bonchev–Trinajstić information content (AvgIpc) is 2.61. The predicted molar refractivity (Wildman–Crippen MR) is 97.8 cm³/mol. The number of alkyl halides is 2. The Morgan fingerprint density at radius 3 is 2.21 bits per heavy atom. The Labute approximate surface area is 162 Å². The van der Waals surface area contributed by atoms with Gasteiger partial charge in [-0.1, -0.05) is 12.1 Å². The zero-order valence-electron chi connectivity index (χ0n) is 15.3. The summed E-state index contributed by atoms with van der Waals surface area (Å²) in [7, 11) is -5.02. The van der Waals surface area contributed by atoms with Crippen LogP contribution in [0.4, 0.5) is 8.78 Å². The number of benzene rings is 2. The molecule has 0 unspecified atom stereocenters. The largest absolute Gasteiger partial charge is 0.493 e. The number of halogens is 2. The van der Waals surface area contributed by atoms with E-state index in [1.807, 2.05) is 0 Å². The standard InChI is InChI=1S/C17H19F2NO6S2/c1-20(11-12-7-8-15(25-2)16(9-12)26-17(18)19)28(23,24)14-6-4-5-13(10-14)27(3,21)22/h4-10,17H,11H2,1-3H3. The van der Waals surface area contributed by atoms with Gasteiger partial charge in [0.05, 0.1) is 16.9 Å². The van der Waals surface area contributed by atoms with E-state index in [9.17, 15) is 25.6 Å². The quantitative estimate of drug-likeness (QED) is 0.633. The maximum Gasteiger partial charge on any atom is 0.387 e. The first kappa shape index (κ1) is 22.1. The van der Waals surface area contributed by atoms with Gasteiger partial charge in [-0.25, -0.2) is 16.8 Å². The molecule has 0 aromatic heterocycles. The molecule has 0 aliphatic carbocycles. The number of rotatable bonds is 8. The molecule has 2 aromatic rings. The minimum absolute atomic E-state index is 0.0791. The molecule has 2 rings (SSSR count). The lowest BCUT2D eigenvalue weighted by Crippen LogP contribution is -2.26. The van der Waals surface area contributed by atoms with Crippen molar-refractivity contribution in [2.75, 3.05) is 20.4 Å². The summed E-state index contributed by atoms with van der Waals surface area (Å²) in [6, 6.07) is 9.13. The molecule has 11 heteroatoms. The van der Waals surface area contributed by atoms with E-state index in [1.165, 1.54) is 50.6 Å². The highest BCUT2D eigenvalue weighted by Gasteiger charge is 2.23. The van der Waals surface area contributed by atoms with E-state index in [4.69, 9.17) is 4.74 Å². The van der Waals surface area contributed by atoms with E-state index in [2.05, 4.69) is 4.74 Å². The van der Waals surface area contributed by atoms with Crippen LogP contribution < -0.4 is 9.47 Å². The third-order valence-electron chi connectivity index (χ3n) is 3.79. The number of sulfone groups is 1. The van der Waals surface area contributed by atoms with Crippen molar-refractivity contribution in [3.05, 3.63) is 48.0 Å². The summed E-state index contributed by atoms with van der Waals surface area (Å²) in [6.07, 6.45) is 0.977. The summed E-state index contributed by atoms with van der Waals surface area (Å²) >= 11 is 0. The average molecular weight is 435 g/mol.